The average Bonchev–Trinajstić information content (AvgIpc) is 1.85. The molecule has 3 N–H and O–H groups in total. The van der Waals surface area contributed by atoms with Crippen LogP contribution in [0.4, 0.5) is 0 Å². The molecule has 0 radical (unpaired) electrons. The van der Waals surface area contributed by atoms with Crippen molar-refractivity contribution in [3.05, 3.63) is 11.3 Å². The van der Waals surface area contributed by atoms with Gasteiger partial charge in [0.05, 0.1) is 5.57 Å². The van der Waals surface area contributed by atoms with Gasteiger partial charge in [-0.15, -0.1) is 0 Å². The van der Waals surface area contributed by atoms with Crippen LogP contribution in [0.1, 0.15) is 6.42 Å². The number of hydrogen-bond donors (Lipinski definition) is 2. The summed E-state index contributed by atoms with van der Waals surface area (Å²) in [6, 6.07) is 0. The van der Waals surface area contributed by atoms with Gasteiger partial charge in [0, 0.05) is 18.8 Å². The molecule has 1 rings (SSSR count). The van der Waals surface area contributed by atoms with Crippen molar-refractivity contribution in [2.24, 2.45) is 5.73 Å². The summed E-state index contributed by atoms with van der Waals surface area (Å²) in [5.74, 6) is -0.879. The average molecular weight is 156 g/mol. The van der Waals surface area contributed by atoms with E-state index >= 15 is 0 Å². The Morgan fingerprint density at radius 2 is 2.36 bits per heavy atom. The van der Waals surface area contributed by atoms with Crippen molar-refractivity contribution < 1.29 is 9.90 Å². The third kappa shape index (κ3) is 1.71. The number of likely N-dealkylation sites (N-methyl/N-ethyl adjacent to an activating group) is 1. The van der Waals surface area contributed by atoms with Gasteiger partial charge >= 0.3 is 5.97 Å². The lowest BCUT2D eigenvalue weighted by Crippen LogP contribution is -2.33. The van der Waals surface area contributed by atoms with Crippen molar-refractivity contribution >= 4 is 5.97 Å². The molecule has 1 heterocycles. The lowest BCUT2D eigenvalue weighted by molar-refractivity contribution is -0.133. The van der Waals surface area contributed by atoms with E-state index in [0.29, 0.717) is 24.2 Å². The molecule has 0 saturated carbocycles. The molecule has 0 amide bonds. The first kappa shape index (κ1) is 8.07. The van der Waals surface area contributed by atoms with Crippen LogP contribution in [0.2, 0.25) is 0 Å². The van der Waals surface area contributed by atoms with Crippen molar-refractivity contribution in [3.8, 4) is 0 Å². The van der Waals surface area contributed by atoms with Crippen LogP contribution in [-0.4, -0.2) is 36.1 Å². The molecule has 62 valence electrons. The Balaban J connectivity index is 2.78. The largest absolute Gasteiger partial charge is 0.478 e. The van der Waals surface area contributed by atoms with Gasteiger partial charge in [0.1, 0.15) is 0 Å². The molecule has 0 saturated heterocycles. The molecule has 0 spiro atoms. The molecule has 0 atom stereocenters. The summed E-state index contributed by atoms with van der Waals surface area (Å²) < 4.78 is 0. The normalized spacial score (nSPS) is 20.5. The summed E-state index contributed by atoms with van der Waals surface area (Å²) in [6.07, 6.45) is 0.553. The molecule has 11 heavy (non-hydrogen) atoms. The monoisotopic (exact) mass is 156 g/mol. The molecule has 0 bridgehead atoms. The fourth-order valence-corrected chi connectivity index (χ4v) is 1.17. The number of aliphatic carboxylic acids is 1. The molecule has 1 aliphatic rings. The molecule has 0 aromatic carbocycles. The predicted molar refractivity (Wildman–Crippen MR) is 41.0 cm³/mol. The van der Waals surface area contributed by atoms with Gasteiger partial charge in [-0.05, 0) is 13.5 Å². The second-order valence-electron chi connectivity index (χ2n) is 2.80. The van der Waals surface area contributed by atoms with Crippen molar-refractivity contribution in [1.29, 1.82) is 0 Å². The zero-order valence-electron chi connectivity index (χ0n) is 6.50. The Hall–Kier alpha value is -1.03. The first-order valence-corrected chi connectivity index (χ1v) is 3.50. The number of nitrogens with zero attached hydrogens (tertiary/aromatic N) is 1. The smallest absolute Gasteiger partial charge is 0.333 e. The van der Waals surface area contributed by atoms with E-state index in [1.807, 2.05) is 11.9 Å². The minimum absolute atomic E-state index is 0.378. The summed E-state index contributed by atoms with van der Waals surface area (Å²) in [4.78, 5) is 12.5. The van der Waals surface area contributed by atoms with Crippen LogP contribution in [-0.2, 0) is 4.79 Å². The van der Waals surface area contributed by atoms with E-state index in [9.17, 15) is 4.79 Å². The number of hydrogen-bond acceptors (Lipinski definition) is 3. The van der Waals surface area contributed by atoms with Crippen LogP contribution in [0.5, 0.6) is 0 Å². The van der Waals surface area contributed by atoms with Crippen LogP contribution in [0.3, 0.4) is 0 Å². The van der Waals surface area contributed by atoms with Gasteiger partial charge in [0.25, 0.3) is 0 Å². The highest BCUT2D eigenvalue weighted by Crippen LogP contribution is 2.12. The van der Waals surface area contributed by atoms with Gasteiger partial charge in [-0.3, -0.25) is 0 Å². The molecule has 4 heteroatoms. The Labute approximate surface area is 65.3 Å². The molecule has 0 aromatic heterocycles. The van der Waals surface area contributed by atoms with E-state index in [-0.39, 0.29) is 0 Å². The lowest BCUT2D eigenvalue weighted by Gasteiger charge is -2.23. The minimum atomic E-state index is -0.879. The van der Waals surface area contributed by atoms with Gasteiger partial charge < -0.3 is 15.7 Å². The Kier molecular flexibility index (Phi) is 2.14. The highest BCUT2D eigenvalue weighted by Gasteiger charge is 2.18. The zero-order valence-corrected chi connectivity index (χ0v) is 6.50. The second-order valence-corrected chi connectivity index (χ2v) is 2.80. The summed E-state index contributed by atoms with van der Waals surface area (Å²) >= 11 is 0. The Morgan fingerprint density at radius 3 is 2.82 bits per heavy atom. The fraction of sp³-hybridized carbons (Fsp3) is 0.571. The SMILES string of the molecule is CN1CCC(C(=O)O)=C(N)C1. The van der Waals surface area contributed by atoms with E-state index < -0.39 is 5.97 Å². The Morgan fingerprint density at radius 1 is 1.73 bits per heavy atom. The van der Waals surface area contributed by atoms with Crippen molar-refractivity contribution in [2.45, 2.75) is 6.42 Å². The van der Waals surface area contributed by atoms with Crippen molar-refractivity contribution in [1.82, 2.24) is 4.90 Å². The number of nitrogens with two attached hydrogens (primary N) is 1. The van der Waals surface area contributed by atoms with Gasteiger partial charge in [0.15, 0.2) is 0 Å². The van der Waals surface area contributed by atoms with Gasteiger partial charge in [0.2, 0.25) is 0 Å². The van der Waals surface area contributed by atoms with Gasteiger partial charge in [-0.1, -0.05) is 0 Å². The van der Waals surface area contributed by atoms with Crippen LogP contribution < -0.4 is 5.73 Å². The quantitative estimate of drug-likeness (QED) is 0.543. The standard InChI is InChI=1S/C7H12N2O2/c1-9-3-2-5(7(10)11)6(8)4-9/h2-4,8H2,1H3,(H,10,11). The molecule has 0 unspecified atom stereocenters. The summed E-state index contributed by atoms with van der Waals surface area (Å²) in [5, 5.41) is 8.64. The third-order valence-corrected chi connectivity index (χ3v) is 1.83. The maximum Gasteiger partial charge on any atom is 0.333 e. The number of rotatable bonds is 1. The topological polar surface area (TPSA) is 66.6 Å². The van der Waals surface area contributed by atoms with Crippen LogP contribution in [0.15, 0.2) is 11.3 Å². The van der Waals surface area contributed by atoms with Crippen LogP contribution in [0, 0.1) is 0 Å². The summed E-state index contributed by atoms with van der Waals surface area (Å²) in [5.41, 5.74) is 6.40. The highest BCUT2D eigenvalue weighted by atomic mass is 16.4. The number of carboxylic acid groups (broad SMARTS) is 1. The zero-order chi connectivity index (χ0) is 8.43. The lowest BCUT2D eigenvalue weighted by atomic mass is 10.1. The molecule has 0 aliphatic carbocycles. The number of carboxylic acids is 1. The van der Waals surface area contributed by atoms with E-state index in [4.69, 9.17) is 10.8 Å². The number of carbonyl (C=O) groups is 1. The van der Waals surface area contributed by atoms with Crippen LogP contribution >= 0.6 is 0 Å². The molecule has 0 aromatic rings. The van der Waals surface area contributed by atoms with E-state index in [2.05, 4.69) is 0 Å². The molecule has 4 nitrogen and oxygen atoms in total. The summed E-state index contributed by atoms with van der Waals surface area (Å²) in [7, 11) is 1.92. The van der Waals surface area contributed by atoms with Gasteiger partial charge in [-0.2, -0.15) is 0 Å². The van der Waals surface area contributed by atoms with E-state index in [1.165, 1.54) is 0 Å². The fourth-order valence-electron chi connectivity index (χ4n) is 1.17. The highest BCUT2D eigenvalue weighted by molar-refractivity contribution is 5.87. The molecule has 1 aliphatic heterocycles. The molecular formula is C7H12N2O2. The summed E-state index contributed by atoms with van der Waals surface area (Å²) in [6.45, 7) is 1.35. The second kappa shape index (κ2) is 2.92. The molecule has 0 fully saturated rings. The minimum Gasteiger partial charge on any atom is -0.478 e. The maximum absolute atomic E-state index is 10.5. The maximum atomic E-state index is 10.5. The first-order valence-electron chi connectivity index (χ1n) is 3.50. The van der Waals surface area contributed by atoms with Crippen molar-refractivity contribution in [3.63, 3.8) is 0 Å². The predicted octanol–water partition coefficient (Wildman–Crippen LogP) is -0.381. The van der Waals surface area contributed by atoms with E-state index in [1.54, 1.807) is 0 Å². The first-order chi connectivity index (χ1) is 5.11. The Bertz CT molecular complexity index is 210. The molecular weight excluding hydrogens is 144 g/mol. The van der Waals surface area contributed by atoms with Crippen molar-refractivity contribution in [2.75, 3.05) is 20.1 Å². The van der Waals surface area contributed by atoms with E-state index in [0.717, 1.165) is 6.54 Å². The third-order valence-electron chi connectivity index (χ3n) is 1.83. The van der Waals surface area contributed by atoms with Gasteiger partial charge in [-0.25, -0.2) is 4.79 Å². The van der Waals surface area contributed by atoms with Crippen LogP contribution in [0.25, 0.3) is 0 Å².